The highest BCUT2D eigenvalue weighted by molar-refractivity contribution is 6.29. The van der Waals surface area contributed by atoms with Crippen molar-refractivity contribution in [2.24, 2.45) is 0 Å². The Morgan fingerprint density at radius 1 is 0.769 bits per heavy atom. The third-order valence-electron chi connectivity index (χ3n) is 8.57. The van der Waals surface area contributed by atoms with Gasteiger partial charge in [0.1, 0.15) is 11.2 Å². The third kappa shape index (κ3) is 10.8. The molecule has 1 atom stereocenters. The summed E-state index contributed by atoms with van der Waals surface area (Å²) < 4.78 is 39.5. The molecule has 2 aromatic heterocycles. The average Bonchev–Trinajstić information content (AvgIpc) is 3.15. The molecule has 0 bridgehead atoms. The van der Waals surface area contributed by atoms with E-state index in [1.165, 1.54) is 29.2 Å². The Balaban J connectivity index is 1.42. The number of alkyl halides is 3. The van der Waals surface area contributed by atoms with Crippen molar-refractivity contribution >= 4 is 29.5 Å². The van der Waals surface area contributed by atoms with Gasteiger partial charge in [-0.3, -0.25) is 14.6 Å². The van der Waals surface area contributed by atoms with Gasteiger partial charge in [-0.25, -0.2) is 4.98 Å². The molecule has 0 radical (unpaired) electrons. The maximum Gasteiger partial charge on any atom is 0.416 e. The molecule has 0 aliphatic carbocycles. The molecule has 0 spiro atoms. The molecule has 5 aromatic rings. The molecule has 0 N–H and O–H groups in total. The van der Waals surface area contributed by atoms with Crippen LogP contribution < -0.4 is 0 Å². The minimum absolute atomic E-state index is 0.110. The zero-order valence-electron chi connectivity index (χ0n) is 28.9. The zero-order valence-corrected chi connectivity index (χ0v) is 29.6. The fourth-order valence-corrected chi connectivity index (χ4v) is 5.76. The van der Waals surface area contributed by atoms with Crippen LogP contribution in [0.25, 0.3) is 17.3 Å². The Kier molecular flexibility index (Phi) is 12.9. The fourth-order valence-electron chi connectivity index (χ4n) is 5.64. The number of hydrogen-bond acceptors (Lipinski definition) is 5. The average molecular weight is 726 g/mol. The summed E-state index contributed by atoms with van der Waals surface area (Å²) in [6.45, 7) is 1.66. The van der Waals surface area contributed by atoms with E-state index < -0.39 is 23.7 Å². The number of carbonyl (C=O) groups excluding carboxylic acids is 2. The first-order valence-corrected chi connectivity index (χ1v) is 17.1. The SMILES string of the molecule is CN(CCN(C)C(=O)[C@H](Cc1ccccc1)N(Cc1ccc(-c2ccccn2)cc1)C(=O)C=Cc1ccc(C(F)(F)F)cc1)Cc1ccc(Cl)nc1. The van der Waals surface area contributed by atoms with E-state index in [0.29, 0.717) is 30.4 Å². The van der Waals surface area contributed by atoms with Gasteiger partial charge in [0.2, 0.25) is 11.8 Å². The van der Waals surface area contributed by atoms with Gasteiger partial charge in [-0.2, -0.15) is 13.2 Å². The molecule has 0 saturated heterocycles. The highest BCUT2D eigenvalue weighted by Gasteiger charge is 2.32. The summed E-state index contributed by atoms with van der Waals surface area (Å²) in [5, 5.41) is 0.415. The van der Waals surface area contributed by atoms with E-state index in [0.717, 1.165) is 40.1 Å². The third-order valence-corrected chi connectivity index (χ3v) is 8.80. The lowest BCUT2D eigenvalue weighted by Gasteiger charge is -2.34. The van der Waals surface area contributed by atoms with Crippen molar-refractivity contribution < 1.29 is 22.8 Å². The summed E-state index contributed by atoms with van der Waals surface area (Å²) in [5.74, 6) is -0.699. The number of amides is 2. The lowest BCUT2D eigenvalue weighted by atomic mass is 10.0. The van der Waals surface area contributed by atoms with Crippen LogP contribution in [0.15, 0.2) is 128 Å². The standard InChI is InChI=1S/C41H39ClF3N5O2/c1-48(28-33-15-21-38(42)47-27-33)24-25-49(2)40(52)37(26-31-8-4-3-5-9-31)50(29-32-11-17-34(18-12-32)36-10-6-7-23-46-36)39(51)22-16-30-13-19-35(20-14-30)41(43,44)45/h3-23,27,37H,24-26,28-29H2,1-2H3/t37-/m0/s1. The first kappa shape index (κ1) is 37.9. The predicted octanol–water partition coefficient (Wildman–Crippen LogP) is 8.06. The molecular formula is C41H39ClF3N5O2. The first-order valence-electron chi connectivity index (χ1n) is 16.7. The molecule has 11 heteroatoms. The van der Waals surface area contributed by atoms with E-state index in [2.05, 4.69) is 14.9 Å². The summed E-state index contributed by atoms with van der Waals surface area (Å²) in [5.41, 5.74) is 3.99. The topological polar surface area (TPSA) is 69.6 Å². The second kappa shape index (κ2) is 17.7. The molecule has 268 valence electrons. The molecule has 0 unspecified atom stereocenters. The van der Waals surface area contributed by atoms with Crippen molar-refractivity contribution in [1.82, 2.24) is 24.7 Å². The normalized spacial score (nSPS) is 12.2. The van der Waals surface area contributed by atoms with E-state index in [-0.39, 0.29) is 18.9 Å². The predicted molar refractivity (Wildman–Crippen MR) is 198 cm³/mol. The summed E-state index contributed by atoms with van der Waals surface area (Å²) in [7, 11) is 3.67. The first-order chi connectivity index (χ1) is 25.0. The van der Waals surface area contributed by atoms with Crippen LogP contribution in [-0.2, 0) is 35.3 Å². The van der Waals surface area contributed by atoms with Gasteiger partial charge in [-0.05, 0) is 65.7 Å². The van der Waals surface area contributed by atoms with E-state index in [4.69, 9.17) is 11.6 Å². The number of carbonyl (C=O) groups is 2. The fraction of sp³-hybridized carbons (Fsp3) is 0.220. The zero-order chi connectivity index (χ0) is 37.1. The summed E-state index contributed by atoms with van der Waals surface area (Å²) in [6.07, 6.45) is 1.99. The van der Waals surface area contributed by atoms with Crippen LogP contribution in [0.1, 0.15) is 27.8 Å². The molecule has 3 aromatic carbocycles. The van der Waals surface area contributed by atoms with Crippen LogP contribution >= 0.6 is 11.6 Å². The van der Waals surface area contributed by atoms with Crippen molar-refractivity contribution in [1.29, 1.82) is 0 Å². The minimum Gasteiger partial charge on any atom is -0.343 e. The number of hydrogen-bond donors (Lipinski definition) is 0. The Labute approximate surface area is 307 Å². The molecule has 5 rings (SSSR count). The van der Waals surface area contributed by atoms with Crippen molar-refractivity contribution in [3.63, 3.8) is 0 Å². The van der Waals surface area contributed by atoms with Crippen LogP contribution in [0.5, 0.6) is 0 Å². The molecule has 0 saturated carbocycles. The summed E-state index contributed by atoms with van der Waals surface area (Å²) in [4.78, 5) is 42.3. The number of nitrogens with zero attached hydrogens (tertiary/aromatic N) is 5. The number of halogens is 4. The summed E-state index contributed by atoms with van der Waals surface area (Å²) >= 11 is 5.94. The Bertz CT molecular complexity index is 1920. The highest BCUT2D eigenvalue weighted by atomic mass is 35.5. The molecule has 7 nitrogen and oxygen atoms in total. The quantitative estimate of drug-likeness (QED) is 0.0856. The highest BCUT2D eigenvalue weighted by Crippen LogP contribution is 2.29. The van der Waals surface area contributed by atoms with Crippen molar-refractivity contribution in [2.45, 2.75) is 31.7 Å². The summed E-state index contributed by atoms with van der Waals surface area (Å²) in [6, 6.07) is 30.1. The molecule has 0 aliphatic rings. The van der Waals surface area contributed by atoms with E-state index >= 15 is 0 Å². The minimum atomic E-state index is -4.47. The van der Waals surface area contributed by atoms with Gasteiger partial charge in [0.25, 0.3) is 0 Å². The number of benzene rings is 3. The number of rotatable bonds is 14. The van der Waals surface area contributed by atoms with Crippen LogP contribution in [0.3, 0.4) is 0 Å². The van der Waals surface area contributed by atoms with Crippen molar-refractivity contribution in [3.05, 3.63) is 161 Å². The van der Waals surface area contributed by atoms with Crippen LogP contribution in [0.2, 0.25) is 5.15 Å². The largest absolute Gasteiger partial charge is 0.416 e. The number of pyridine rings is 2. The molecular weight excluding hydrogens is 687 g/mol. The Morgan fingerprint density at radius 2 is 1.46 bits per heavy atom. The molecule has 52 heavy (non-hydrogen) atoms. The van der Waals surface area contributed by atoms with Gasteiger partial charge in [0, 0.05) is 63.7 Å². The van der Waals surface area contributed by atoms with Crippen molar-refractivity contribution in [3.8, 4) is 11.3 Å². The molecule has 2 amide bonds. The lowest BCUT2D eigenvalue weighted by Crippen LogP contribution is -2.51. The van der Waals surface area contributed by atoms with Crippen molar-refractivity contribution in [2.75, 3.05) is 27.2 Å². The van der Waals surface area contributed by atoms with E-state index in [1.54, 1.807) is 30.4 Å². The Morgan fingerprint density at radius 3 is 2.10 bits per heavy atom. The molecule has 0 fully saturated rings. The number of aromatic nitrogens is 2. The van der Waals surface area contributed by atoms with Gasteiger partial charge < -0.3 is 14.7 Å². The second-order valence-corrected chi connectivity index (χ2v) is 12.9. The maximum atomic E-state index is 14.4. The van der Waals surface area contributed by atoms with Gasteiger partial charge in [0.15, 0.2) is 0 Å². The van der Waals surface area contributed by atoms with E-state index in [1.807, 2.05) is 85.9 Å². The van der Waals surface area contributed by atoms with Gasteiger partial charge in [0.05, 0.1) is 11.3 Å². The monoisotopic (exact) mass is 725 g/mol. The maximum absolute atomic E-state index is 14.4. The van der Waals surface area contributed by atoms with Crippen LogP contribution in [0.4, 0.5) is 13.2 Å². The van der Waals surface area contributed by atoms with E-state index in [9.17, 15) is 22.8 Å². The molecule has 2 heterocycles. The van der Waals surface area contributed by atoms with Crippen LogP contribution in [-0.4, -0.2) is 69.7 Å². The van der Waals surface area contributed by atoms with Gasteiger partial charge in [-0.15, -0.1) is 0 Å². The lowest BCUT2D eigenvalue weighted by molar-refractivity contribution is -0.143. The Hall–Kier alpha value is -5.32. The smallest absolute Gasteiger partial charge is 0.343 e. The number of likely N-dealkylation sites (N-methyl/N-ethyl adjacent to an activating group) is 2. The molecule has 0 aliphatic heterocycles. The van der Waals surface area contributed by atoms with Gasteiger partial charge in [-0.1, -0.05) is 90.5 Å². The van der Waals surface area contributed by atoms with Crippen LogP contribution in [0, 0.1) is 0 Å². The second-order valence-electron chi connectivity index (χ2n) is 12.5. The van der Waals surface area contributed by atoms with Gasteiger partial charge >= 0.3 is 6.18 Å².